The van der Waals surface area contributed by atoms with Crippen LogP contribution in [0.2, 0.25) is 24.1 Å². The van der Waals surface area contributed by atoms with Gasteiger partial charge in [-0.3, -0.25) is 0 Å². The van der Waals surface area contributed by atoms with E-state index in [2.05, 4.69) is 384 Å². The Kier molecular flexibility index (Phi) is 16.2. The Morgan fingerprint density at radius 2 is 0.505 bits per heavy atom. The molecule has 538 valence electrons. The third-order valence-corrected chi connectivity index (χ3v) is 113. The van der Waals surface area contributed by atoms with Crippen LogP contribution in [0.5, 0.6) is 0 Å². The summed E-state index contributed by atoms with van der Waals surface area (Å²) in [6, 6.07) is 57.0. The Hall–Kier alpha value is -8.26. The van der Waals surface area contributed by atoms with E-state index < -0.39 is 43.5 Å². The molecule has 8 aromatic carbocycles. The Labute approximate surface area is 643 Å². The van der Waals surface area contributed by atoms with E-state index in [0.717, 1.165) is 25.7 Å². The van der Waals surface area contributed by atoms with Crippen molar-refractivity contribution in [1.29, 1.82) is 0 Å². The molecule has 8 unspecified atom stereocenters. The molecule has 4 nitrogen and oxygen atoms in total. The molecule has 2 heterocycles. The van der Waals surface area contributed by atoms with Crippen molar-refractivity contribution in [1.82, 2.24) is 0 Å². The quantitative estimate of drug-likeness (QED) is 0.113. The first kappa shape index (κ1) is 70.4. The van der Waals surface area contributed by atoms with E-state index in [-0.39, 0.29) is 23.7 Å². The topological polar surface area (TPSA) is 13.0 Å². The van der Waals surface area contributed by atoms with Crippen LogP contribution >= 0.6 is 17.0 Å². The molecule has 0 saturated carbocycles. The van der Waals surface area contributed by atoms with Crippen LogP contribution in [0.15, 0.2) is 334 Å². The molecule has 107 heavy (non-hydrogen) atoms. The van der Waals surface area contributed by atoms with Crippen molar-refractivity contribution >= 4 is 100 Å². The minimum absolute atomic E-state index is 0.0753. The molecule has 10 aliphatic rings. The molecule has 0 amide bonds. The molecule has 8 aliphatic carbocycles. The van der Waals surface area contributed by atoms with E-state index in [9.17, 15) is 17.0 Å². The average molecular weight is 1550 g/mol. The van der Waals surface area contributed by atoms with Gasteiger partial charge in [-0.05, 0) is 0 Å². The van der Waals surface area contributed by atoms with Crippen LogP contribution in [0.25, 0.3) is 43.1 Å². The van der Waals surface area contributed by atoms with Gasteiger partial charge in [-0.15, -0.1) is 0 Å². The van der Waals surface area contributed by atoms with E-state index in [0.29, 0.717) is 0 Å². The molecule has 2 fully saturated rings. The summed E-state index contributed by atoms with van der Waals surface area (Å²) in [5.41, 5.74) is 27.0. The Morgan fingerprint density at radius 3 is 0.710 bits per heavy atom. The summed E-state index contributed by atoms with van der Waals surface area (Å²) in [5.74, 6) is -0.301. The second kappa shape index (κ2) is 24.6. The second-order valence-electron chi connectivity index (χ2n) is 33.4. The molecule has 8 aromatic rings. The molecule has 0 radical (unpaired) electrons. The van der Waals surface area contributed by atoms with Gasteiger partial charge in [0.15, 0.2) is 0 Å². The average Bonchev–Trinajstić information content (AvgIpc) is 1.51. The number of rotatable bonds is 12. The molecule has 18 rings (SSSR count). The fraction of sp³-hybridized carbons (Fsp3) is 0.265. The van der Waals surface area contributed by atoms with Gasteiger partial charge in [-0.1, -0.05) is 0 Å². The maximum atomic E-state index is 12.0. The van der Waals surface area contributed by atoms with Gasteiger partial charge in [0.1, 0.15) is 0 Å². The zero-order chi connectivity index (χ0) is 74.3. The normalized spacial score (nSPS) is 29.0. The van der Waals surface area contributed by atoms with Crippen molar-refractivity contribution in [3.05, 3.63) is 356 Å². The molecular formula is C98H100Cl2N4Si2Zr. The van der Waals surface area contributed by atoms with Crippen LogP contribution in [-0.2, 0) is 14.9 Å². The fourth-order valence-electron chi connectivity index (χ4n) is 25.4. The maximum absolute atomic E-state index is 12.0. The van der Waals surface area contributed by atoms with E-state index in [1.807, 2.05) is 0 Å². The van der Waals surface area contributed by atoms with Crippen molar-refractivity contribution in [3.8, 4) is 0 Å². The molecule has 0 aromatic heterocycles. The van der Waals surface area contributed by atoms with Gasteiger partial charge < -0.3 is 0 Å². The zero-order valence-electron chi connectivity index (χ0n) is 64.7. The zero-order valence-corrected chi connectivity index (χ0v) is 71.0. The molecule has 2 saturated heterocycles. The molecule has 0 N–H and O–H groups in total. The Bertz CT molecular complexity index is 5130. The second-order valence-corrected chi connectivity index (χ2v) is 73.3. The summed E-state index contributed by atoms with van der Waals surface area (Å²) in [4.78, 5) is 8.84. The summed E-state index contributed by atoms with van der Waals surface area (Å²) in [7, 11) is 35.7. The van der Waals surface area contributed by atoms with Gasteiger partial charge in [0.2, 0.25) is 0 Å². The number of halogens is 2. The van der Waals surface area contributed by atoms with Crippen molar-refractivity contribution in [2.45, 2.75) is 101 Å². The van der Waals surface area contributed by atoms with Crippen LogP contribution in [-0.4, -0.2) is 74.0 Å². The van der Waals surface area contributed by atoms with Crippen molar-refractivity contribution in [3.63, 3.8) is 0 Å². The van der Waals surface area contributed by atoms with E-state index in [1.54, 1.807) is 0 Å². The molecular weight excluding hydrogens is 1450 g/mol. The van der Waals surface area contributed by atoms with Crippen molar-refractivity contribution in [2.24, 2.45) is 0 Å². The van der Waals surface area contributed by atoms with Crippen LogP contribution < -0.4 is 19.6 Å². The Morgan fingerprint density at radius 1 is 0.299 bits per heavy atom. The summed E-state index contributed by atoms with van der Waals surface area (Å²) in [6.07, 6.45) is 54.1. The number of nitrogens with zero attached hydrogens (tertiary/aromatic N) is 4. The van der Waals surface area contributed by atoms with Gasteiger partial charge in [-0.2, -0.15) is 0 Å². The van der Waals surface area contributed by atoms with Crippen LogP contribution in [0.3, 0.4) is 0 Å². The van der Waals surface area contributed by atoms with Crippen LogP contribution in [0.1, 0.15) is 99.3 Å². The number of benzene rings is 8. The van der Waals surface area contributed by atoms with Crippen molar-refractivity contribution in [2.75, 3.05) is 76.0 Å². The summed E-state index contributed by atoms with van der Waals surface area (Å²) in [5, 5.41) is 9.96. The monoisotopic (exact) mass is 1550 g/mol. The number of fused-ring (bicyclic) bond motifs is 12. The molecule has 9 heteroatoms. The predicted octanol–water partition coefficient (Wildman–Crippen LogP) is 25.2. The molecule has 8 atom stereocenters. The number of hydrogen-bond donors (Lipinski definition) is 0. The fourth-order valence-corrected chi connectivity index (χ4v) is 148. The third kappa shape index (κ3) is 8.34. The van der Waals surface area contributed by atoms with Gasteiger partial charge in [0.25, 0.3) is 0 Å². The first-order chi connectivity index (χ1) is 51.6. The SMILES string of the molecule is CCC1=CC2=C(C=CC=CC2c2ccc3cc(N(C)C)ccc3c2)[C]12[SiH](C)[C]1(C(CC)=CC3=C1C=CC=CC3c1ccc3cc(N(C)C)ccc3c1)[Zr]21([Cl])([Cl])[C]2(C(CC)=CC3=C2C=CC=CC3c2ccc3cc(N(C)C)ccc3c2)[SiH](C)[C]12C(CC)=CC1=C2C=CC=CC1c1ccc2cc(N(C)C)ccc2c1. The number of hydrogen-bond acceptors (Lipinski definition) is 4. The minimum atomic E-state index is -7.91. The predicted molar refractivity (Wildman–Crippen MR) is 467 cm³/mol. The van der Waals surface area contributed by atoms with Crippen molar-refractivity contribution < 1.29 is 14.9 Å². The number of anilines is 4. The van der Waals surface area contributed by atoms with Crippen LogP contribution in [0, 0.1) is 0 Å². The van der Waals surface area contributed by atoms with Gasteiger partial charge in [0, 0.05) is 0 Å². The van der Waals surface area contributed by atoms with Gasteiger partial charge >= 0.3 is 649 Å². The van der Waals surface area contributed by atoms with E-state index in [1.165, 1.54) is 155 Å². The van der Waals surface area contributed by atoms with Gasteiger partial charge in [0.05, 0.1) is 0 Å². The molecule has 0 bridgehead atoms. The third-order valence-electron chi connectivity index (χ3n) is 28.9. The van der Waals surface area contributed by atoms with Crippen LogP contribution in [0.4, 0.5) is 22.7 Å². The molecule has 2 aliphatic heterocycles. The number of allylic oxidation sites excluding steroid dienone is 32. The molecule has 5 spiro atoms. The summed E-state index contributed by atoms with van der Waals surface area (Å²) < 4.78 is -3.01. The first-order valence-corrected chi connectivity index (χ1v) is 55.3. The standard InChI is InChI=1S/2C49H50N2Si.2ClH.Zr/c2*1-8-32-30-46-42(38-20-18-36-28-40(50(3)4)24-22-34(36)26-38)14-10-12-16-44(46)48(32)52(7)49-33(9-2)31-47-43(15-11-13-17-45(47)49)39-21-19-37-29-41(51(5)6)25-23-35(37)27-39;;;/h2*10-31,42-43,52H,8-9H2,1-7H3;2*1H;/q;;;;+2/p-2. The summed E-state index contributed by atoms with van der Waals surface area (Å²) >= 11 is -7.91. The summed E-state index contributed by atoms with van der Waals surface area (Å²) in [6.45, 7) is 15.6. The first-order valence-electron chi connectivity index (χ1n) is 39.4. The van der Waals surface area contributed by atoms with E-state index >= 15 is 0 Å². The van der Waals surface area contributed by atoms with Gasteiger partial charge in [-0.25, -0.2) is 0 Å². The van der Waals surface area contributed by atoms with E-state index in [4.69, 9.17) is 0 Å². The Balaban J connectivity index is 1.01.